The quantitative estimate of drug-likeness (QED) is 0.0199. The van der Waals surface area contributed by atoms with Crippen LogP contribution in [0.5, 0.6) is 0 Å². The molecule has 3 heterocycles. The summed E-state index contributed by atoms with van der Waals surface area (Å²) in [4.78, 5) is 13.4. The van der Waals surface area contributed by atoms with Crippen molar-refractivity contribution in [3.63, 3.8) is 0 Å². The molecule has 96 heavy (non-hydrogen) atoms. The molecular formula is C77H141NO18. The number of aliphatic hydroxyl groups excluding tert-OH is 11. The fraction of sp³-hybridized carbons (Fsp3) is 0.883. The molecule has 19 nitrogen and oxygen atoms in total. The Bertz CT molecular complexity index is 1930. The molecule has 0 spiro atoms. The normalized spacial score (nSPS) is 27.3. The first-order valence-electron chi connectivity index (χ1n) is 38.9. The molecule has 12 N–H and O–H groups in total. The molecule has 0 radical (unpaired) electrons. The van der Waals surface area contributed by atoms with Gasteiger partial charge in [0.25, 0.3) is 0 Å². The highest BCUT2D eigenvalue weighted by molar-refractivity contribution is 5.76. The molecule has 19 heteroatoms. The lowest BCUT2D eigenvalue weighted by Crippen LogP contribution is -2.66. The number of amides is 1. The number of allylic oxidation sites excluding steroid dienone is 7. The number of unbranched alkanes of at least 4 members (excludes halogenated alkanes) is 39. The predicted molar refractivity (Wildman–Crippen MR) is 379 cm³/mol. The average Bonchev–Trinajstić information content (AvgIpc) is 0.786. The maximum atomic E-state index is 13.4. The first kappa shape index (κ1) is 88.0. The number of carbonyl (C=O) groups is 1. The molecule has 3 aliphatic rings. The third-order valence-electron chi connectivity index (χ3n) is 19.3. The lowest BCUT2D eigenvalue weighted by Gasteiger charge is -2.48. The summed E-state index contributed by atoms with van der Waals surface area (Å²) in [7, 11) is 0. The van der Waals surface area contributed by atoms with Crippen molar-refractivity contribution in [3.05, 3.63) is 48.6 Å². The molecule has 0 bridgehead atoms. The number of hydrogen-bond acceptors (Lipinski definition) is 18. The maximum Gasteiger partial charge on any atom is 0.220 e. The van der Waals surface area contributed by atoms with Gasteiger partial charge in [0.05, 0.1) is 38.6 Å². The van der Waals surface area contributed by atoms with Crippen LogP contribution in [0, 0.1) is 0 Å². The Kier molecular flexibility index (Phi) is 53.4. The number of nitrogens with one attached hydrogen (secondary N) is 1. The summed E-state index contributed by atoms with van der Waals surface area (Å²) < 4.78 is 34.4. The second-order valence-corrected chi connectivity index (χ2v) is 27.8. The van der Waals surface area contributed by atoms with Crippen molar-refractivity contribution in [2.24, 2.45) is 0 Å². The molecule has 562 valence electrons. The minimum Gasteiger partial charge on any atom is -0.394 e. The zero-order valence-electron chi connectivity index (χ0n) is 59.9. The van der Waals surface area contributed by atoms with Gasteiger partial charge in [0.2, 0.25) is 5.91 Å². The Morgan fingerprint density at radius 3 is 1.04 bits per heavy atom. The van der Waals surface area contributed by atoms with Crippen molar-refractivity contribution in [2.75, 3.05) is 26.4 Å². The van der Waals surface area contributed by atoms with Gasteiger partial charge in [0.15, 0.2) is 18.9 Å². The van der Waals surface area contributed by atoms with Crippen LogP contribution in [0.4, 0.5) is 0 Å². The van der Waals surface area contributed by atoms with Crippen molar-refractivity contribution in [1.82, 2.24) is 5.32 Å². The molecule has 0 saturated carbocycles. The van der Waals surface area contributed by atoms with E-state index in [1.165, 1.54) is 225 Å². The van der Waals surface area contributed by atoms with Gasteiger partial charge in [-0.1, -0.05) is 274 Å². The van der Waals surface area contributed by atoms with Crippen LogP contribution in [0.2, 0.25) is 0 Å². The molecule has 0 aromatic heterocycles. The first-order chi connectivity index (χ1) is 46.8. The van der Waals surface area contributed by atoms with Gasteiger partial charge in [-0.15, -0.1) is 0 Å². The van der Waals surface area contributed by atoms with E-state index >= 15 is 0 Å². The fourth-order valence-corrected chi connectivity index (χ4v) is 13.0. The highest BCUT2D eigenvalue weighted by atomic mass is 16.8. The third-order valence-corrected chi connectivity index (χ3v) is 19.3. The largest absolute Gasteiger partial charge is 0.394 e. The Balaban J connectivity index is 1.38. The molecule has 0 aliphatic carbocycles. The Morgan fingerprint density at radius 2 is 0.667 bits per heavy atom. The lowest BCUT2D eigenvalue weighted by molar-refractivity contribution is -0.379. The van der Waals surface area contributed by atoms with E-state index < -0.39 is 124 Å². The van der Waals surface area contributed by atoms with Crippen LogP contribution < -0.4 is 5.32 Å². The van der Waals surface area contributed by atoms with Crippen LogP contribution in [0.25, 0.3) is 0 Å². The van der Waals surface area contributed by atoms with E-state index in [0.717, 1.165) is 44.9 Å². The van der Waals surface area contributed by atoms with E-state index in [1.807, 2.05) is 6.08 Å². The van der Waals surface area contributed by atoms with Crippen molar-refractivity contribution >= 4 is 5.91 Å². The molecule has 0 aromatic rings. The van der Waals surface area contributed by atoms with Crippen LogP contribution >= 0.6 is 0 Å². The number of hydrogen-bond donors (Lipinski definition) is 12. The molecule has 0 aromatic carbocycles. The molecule has 3 aliphatic heterocycles. The minimum absolute atomic E-state index is 0.234. The van der Waals surface area contributed by atoms with Gasteiger partial charge in [-0.3, -0.25) is 4.79 Å². The van der Waals surface area contributed by atoms with Gasteiger partial charge in [-0.25, -0.2) is 0 Å². The lowest BCUT2D eigenvalue weighted by atomic mass is 9.96. The molecule has 17 unspecified atom stereocenters. The van der Waals surface area contributed by atoms with Crippen LogP contribution in [0.15, 0.2) is 48.6 Å². The van der Waals surface area contributed by atoms with Crippen LogP contribution in [-0.2, 0) is 33.2 Å². The second kappa shape index (κ2) is 58.3. The Morgan fingerprint density at radius 1 is 0.365 bits per heavy atom. The van der Waals surface area contributed by atoms with Crippen LogP contribution in [-0.4, -0.2) is 193 Å². The molecule has 3 rings (SSSR count). The predicted octanol–water partition coefficient (Wildman–Crippen LogP) is 12.1. The highest BCUT2D eigenvalue weighted by Gasteiger charge is 2.53. The summed E-state index contributed by atoms with van der Waals surface area (Å²) in [5.74, 6) is -0.285. The highest BCUT2D eigenvalue weighted by Crippen LogP contribution is 2.33. The van der Waals surface area contributed by atoms with Crippen molar-refractivity contribution in [2.45, 2.75) is 407 Å². The van der Waals surface area contributed by atoms with Gasteiger partial charge >= 0.3 is 0 Å². The van der Waals surface area contributed by atoms with Gasteiger partial charge in [-0.05, 0) is 70.6 Å². The number of rotatable bonds is 61. The summed E-state index contributed by atoms with van der Waals surface area (Å²) >= 11 is 0. The molecule has 3 saturated heterocycles. The smallest absolute Gasteiger partial charge is 0.220 e. The zero-order valence-corrected chi connectivity index (χ0v) is 59.9. The summed E-state index contributed by atoms with van der Waals surface area (Å²) in [6, 6.07) is -0.997. The van der Waals surface area contributed by atoms with Crippen LogP contribution in [0.3, 0.4) is 0 Å². The van der Waals surface area contributed by atoms with Gasteiger partial charge < -0.3 is 89.9 Å². The second-order valence-electron chi connectivity index (χ2n) is 27.8. The van der Waals surface area contributed by atoms with E-state index in [0.29, 0.717) is 12.8 Å². The minimum atomic E-state index is -1.98. The first-order valence-corrected chi connectivity index (χ1v) is 38.9. The Labute approximate surface area is 580 Å². The summed E-state index contributed by atoms with van der Waals surface area (Å²) in [5.41, 5.74) is 0. The van der Waals surface area contributed by atoms with E-state index in [1.54, 1.807) is 6.08 Å². The molecule has 1 amide bonds. The van der Waals surface area contributed by atoms with Crippen molar-refractivity contribution < 1.29 is 89.4 Å². The standard InChI is InChI=1S/C77H141NO18/c1-3-5-7-9-11-13-15-17-19-21-23-25-26-27-28-29-30-31-32-33-34-35-37-39-41-43-45-47-49-51-53-55-65(83)78-60(61(82)54-52-50-48-46-44-42-40-38-36-24-22-20-18-16-14-12-10-8-6-4-2)59-91-75-71(89)68(86)73(63(57-80)93-75)96-77-72(90)69(87)74(64(58-81)94-77)95-76-70(88)67(85)66(84)62(56-79)92-76/h21,23,36,38,44,46,52,54,60-64,66-77,79-82,84-90H,3-20,22,24-35,37,39-43,45,47-51,53,55-59H2,1-2H3,(H,78,83)/b23-21-,38-36+,46-44+,54-52+. The van der Waals surface area contributed by atoms with E-state index in [9.17, 15) is 61.0 Å². The monoisotopic (exact) mass is 1370 g/mol. The van der Waals surface area contributed by atoms with Crippen LogP contribution in [0.1, 0.15) is 303 Å². The Hall–Kier alpha value is -2.25. The van der Waals surface area contributed by atoms with Crippen molar-refractivity contribution in [1.29, 1.82) is 0 Å². The third kappa shape index (κ3) is 38.7. The summed E-state index contributed by atoms with van der Waals surface area (Å²) in [5, 5.41) is 121. The van der Waals surface area contributed by atoms with E-state index in [2.05, 4.69) is 55.6 Å². The molecular weight excluding hydrogens is 1230 g/mol. The van der Waals surface area contributed by atoms with E-state index in [-0.39, 0.29) is 18.9 Å². The summed E-state index contributed by atoms with van der Waals surface area (Å²) in [6.45, 7) is 1.74. The van der Waals surface area contributed by atoms with Gasteiger partial charge in [0.1, 0.15) is 73.2 Å². The maximum absolute atomic E-state index is 13.4. The van der Waals surface area contributed by atoms with Crippen molar-refractivity contribution in [3.8, 4) is 0 Å². The van der Waals surface area contributed by atoms with Gasteiger partial charge in [0, 0.05) is 6.42 Å². The molecule has 17 atom stereocenters. The summed E-state index contributed by atoms with van der Waals surface area (Å²) in [6.07, 6.45) is 45.3. The number of aliphatic hydroxyl groups is 11. The number of carbonyl (C=O) groups excluding carboxylic acids is 1. The fourth-order valence-electron chi connectivity index (χ4n) is 13.0. The van der Waals surface area contributed by atoms with E-state index in [4.69, 9.17) is 28.4 Å². The average molecular weight is 1370 g/mol. The van der Waals surface area contributed by atoms with Gasteiger partial charge in [-0.2, -0.15) is 0 Å². The zero-order chi connectivity index (χ0) is 69.6. The number of ether oxygens (including phenoxy) is 6. The topological polar surface area (TPSA) is 307 Å². The molecule has 3 fully saturated rings. The SMILES string of the molecule is CCCCCCCCCC/C=C\CCCCCCCCCCCCCCCCCCCCCC(=O)NC(COC1OC(CO)C(OC2OC(CO)C(OC3OC(CO)C(O)C(O)C3O)C(O)C2O)C(O)C1O)C(O)/C=C/CC/C=C/CC/C=C/CCCCCCCCCCCC.